The molecule has 0 atom stereocenters. The lowest BCUT2D eigenvalue weighted by molar-refractivity contribution is -0.120. The van der Waals surface area contributed by atoms with Crippen LogP contribution in [0.2, 0.25) is 0 Å². The van der Waals surface area contributed by atoms with Crippen molar-refractivity contribution in [2.45, 2.75) is 13.0 Å². The molecule has 0 unspecified atom stereocenters. The van der Waals surface area contributed by atoms with Gasteiger partial charge >= 0.3 is 0 Å². The molecule has 9 heteroatoms. The second-order valence-electron chi connectivity index (χ2n) is 6.85. The third-order valence-corrected chi connectivity index (χ3v) is 5.96. The summed E-state index contributed by atoms with van der Waals surface area (Å²) < 4.78 is 8.97. The van der Waals surface area contributed by atoms with E-state index in [9.17, 15) is 4.79 Å². The number of hydrogen-bond acceptors (Lipinski definition) is 7. The van der Waals surface area contributed by atoms with Gasteiger partial charge in [-0.2, -0.15) is 5.10 Å². The first kappa shape index (κ1) is 18.3. The maximum atomic E-state index is 11.5. The van der Waals surface area contributed by atoms with Gasteiger partial charge in [0.15, 0.2) is 11.4 Å². The molecule has 8 nitrogen and oxygen atoms in total. The van der Waals surface area contributed by atoms with Crippen LogP contribution in [0.4, 0.5) is 5.82 Å². The number of amides is 1. The Hall–Kier alpha value is -3.72. The second-order valence-corrected chi connectivity index (χ2v) is 7.76. The highest BCUT2D eigenvalue weighted by Gasteiger charge is 2.17. The molecule has 5 heterocycles. The molecule has 1 amide bonds. The molecule has 0 fully saturated rings. The predicted molar refractivity (Wildman–Crippen MR) is 117 cm³/mol. The zero-order chi connectivity index (χ0) is 20.7. The number of nitrogens with zero attached hydrogens (tertiary/aromatic N) is 4. The van der Waals surface area contributed by atoms with Crippen molar-refractivity contribution in [3.63, 3.8) is 0 Å². The first-order chi connectivity index (χ1) is 14.6. The number of pyridine rings is 2. The summed E-state index contributed by atoms with van der Waals surface area (Å²) in [6.45, 7) is 0.497. The van der Waals surface area contributed by atoms with Gasteiger partial charge in [0.25, 0.3) is 0 Å². The van der Waals surface area contributed by atoms with E-state index in [0.29, 0.717) is 24.4 Å². The Morgan fingerprint density at radius 3 is 3.03 bits per heavy atom. The second kappa shape index (κ2) is 7.27. The highest BCUT2D eigenvalue weighted by Crippen LogP contribution is 2.40. The van der Waals surface area contributed by atoms with Gasteiger partial charge in [0.1, 0.15) is 5.76 Å². The van der Waals surface area contributed by atoms with Crippen LogP contribution in [0.25, 0.3) is 43.5 Å². The van der Waals surface area contributed by atoms with Gasteiger partial charge in [0.05, 0.1) is 10.9 Å². The quantitative estimate of drug-likeness (QED) is 0.450. The van der Waals surface area contributed by atoms with Crippen molar-refractivity contribution in [3.05, 3.63) is 48.5 Å². The topological polar surface area (TPSA) is 112 Å². The SMILES string of the molecule is CNC(=O)CCn1cc(-c2cnc(N)c3oc(-c4csc5cnccc45)cc23)cn1. The molecule has 0 radical (unpaired) electrons. The van der Waals surface area contributed by atoms with Gasteiger partial charge in [-0.15, -0.1) is 11.3 Å². The Kier molecular flexibility index (Phi) is 4.44. The van der Waals surface area contributed by atoms with E-state index in [1.165, 1.54) is 0 Å². The molecular formula is C21H18N6O2S. The summed E-state index contributed by atoms with van der Waals surface area (Å²) in [5.41, 5.74) is 9.42. The number of furan rings is 1. The fourth-order valence-corrected chi connectivity index (χ4v) is 4.36. The predicted octanol–water partition coefficient (Wildman–Crippen LogP) is 3.69. The number of thiophene rings is 1. The van der Waals surface area contributed by atoms with Crippen molar-refractivity contribution in [2.24, 2.45) is 0 Å². The van der Waals surface area contributed by atoms with E-state index in [1.54, 1.807) is 41.7 Å². The molecule has 0 aromatic carbocycles. The van der Waals surface area contributed by atoms with Crippen molar-refractivity contribution in [1.29, 1.82) is 0 Å². The summed E-state index contributed by atoms with van der Waals surface area (Å²) in [7, 11) is 1.62. The average Bonchev–Trinajstić information content (AvgIpc) is 3.50. The van der Waals surface area contributed by atoms with Crippen LogP contribution in [0.5, 0.6) is 0 Å². The van der Waals surface area contributed by atoms with Crippen LogP contribution < -0.4 is 11.1 Å². The van der Waals surface area contributed by atoms with E-state index >= 15 is 0 Å². The summed E-state index contributed by atoms with van der Waals surface area (Å²) in [6.07, 6.45) is 9.37. The number of hydrogen-bond donors (Lipinski definition) is 2. The first-order valence-electron chi connectivity index (χ1n) is 9.37. The van der Waals surface area contributed by atoms with E-state index in [2.05, 4.69) is 25.8 Å². The number of carbonyl (C=O) groups excluding carboxylic acids is 1. The van der Waals surface area contributed by atoms with Crippen LogP contribution in [0.15, 0.2) is 52.9 Å². The first-order valence-corrected chi connectivity index (χ1v) is 10.2. The third kappa shape index (κ3) is 3.09. The van der Waals surface area contributed by atoms with Crippen molar-refractivity contribution in [2.75, 3.05) is 12.8 Å². The van der Waals surface area contributed by atoms with Gasteiger partial charge in [-0.05, 0) is 12.1 Å². The van der Waals surface area contributed by atoms with Crippen LogP contribution in [0.1, 0.15) is 6.42 Å². The van der Waals surface area contributed by atoms with Crippen molar-refractivity contribution >= 4 is 44.1 Å². The fraction of sp³-hybridized carbons (Fsp3) is 0.143. The van der Waals surface area contributed by atoms with Gasteiger partial charge in [0, 0.05) is 77.6 Å². The molecule has 0 bridgehead atoms. The van der Waals surface area contributed by atoms with Gasteiger partial charge in [-0.1, -0.05) is 0 Å². The van der Waals surface area contributed by atoms with Crippen LogP contribution in [-0.4, -0.2) is 32.7 Å². The zero-order valence-corrected chi connectivity index (χ0v) is 16.9. The van der Waals surface area contributed by atoms with Gasteiger partial charge < -0.3 is 15.5 Å². The standard InChI is InChI=1S/C21H18N6O2S/c1-23-19(28)3-5-27-10-12(7-26-27)15-8-25-21(22)20-14(15)6-17(29-20)16-11-30-18-9-24-4-2-13(16)18/h2,4,6-11H,3,5H2,1H3,(H2,22,25)(H,23,28). The molecule has 5 aromatic heterocycles. The normalized spacial score (nSPS) is 11.4. The van der Waals surface area contributed by atoms with Gasteiger partial charge in [0.2, 0.25) is 5.91 Å². The molecule has 0 aliphatic heterocycles. The van der Waals surface area contributed by atoms with Crippen LogP contribution in [0, 0.1) is 0 Å². The molecule has 5 aromatic rings. The number of anilines is 1. The largest absolute Gasteiger partial charge is 0.452 e. The van der Waals surface area contributed by atoms with E-state index in [-0.39, 0.29) is 5.91 Å². The molecule has 3 N–H and O–H groups in total. The maximum Gasteiger partial charge on any atom is 0.221 e. The minimum absolute atomic E-state index is 0.0266. The summed E-state index contributed by atoms with van der Waals surface area (Å²) >= 11 is 1.62. The number of aromatic nitrogens is 4. The summed E-state index contributed by atoms with van der Waals surface area (Å²) in [5, 5.41) is 11.0. The van der Waals surface area contributed by atoms with Gasteiger partial charge in [-0.3, -0.25) is 14.5 Å². The van der Waals surface area contributed by atoms with Crippen LogP contribution in [-0.2, 0) is 11.3 Å². The van der Waals surface area contributed by atoms with Crippen LogP contribution in [0.3, 0.4) is 0 Å². The zero-order valence-electron chi connectivity index (χ0n) is 16.1. The lowest BCUT2D eigenvalue weighted by Gasteiger charge is -2.01. The number of aryl methyl sites for hydroxylation is 1. The highest BCUT2D eigenvalue weighted by molar-refractivity contribution is 7.17. The average molecular weight is 418 g/mol. The number of nitrogen functional groups attached to an aromatic ring is 1. The fourth-order valence-electron chi connectivity index (χ4n) is 3.45. The molecule has 0 aliphatic carbocycles. The highest BCUT2D eigenvalue weighted by atomic mass is 32.1. The van der Waals surface area contributed by atoms with Crippen molar-refractivity contribution in [3.8, 4) is 22.5 Å². The lowest BCUT2D eigenvalue weighted by atomic mass is 10.1. The summed E-state index contributed by atoms with van der Waals surface area (Å²) in [4.78, 5) is 20.0. The molecular weight excluding hydrogens is 400 g/mol. The Labute approximate surface area is 175 Å². The number of nitrogens with one attached hydrogen (secondary N) is 1. The Bertz CT molecular complexity index is 1380. The molecule has 30 heavy (non-hydrogen) atoms. The molecule has 150 valence electrons. The Balaban J connectivity index is 1.57. The number of carbonyl (C=O) groups is 1. The molecule has 0 aliphatic rings. The van der Waals surface area contributed by atoms with E-state index in [4.69, 9.17) is 10.2 Å². The lowest BCUT2D eigenvalue weighted by Crippen LogP contribution is -2.19. The minimum atomic E-state index is -0.0266. The Morgan fingerprint density at radius 1 is 1.27 bits per heavy atom. The van der Waals surface area contributed by atoms with E-state index in [0.717, 1.165) is 37.9 Å². The number of fused-ring (bicyclic) bond motifs is 2. The minimum Gasteiger partial charge on any atom is -0.452 e. The van der Waals surface area contributed by atoms with Crippen molar-refractivity contribution < 1.29 is 9.21 Å². The number of nitrogens with two attached hydrogens (primary N) is 1. The van der Waals surface area contributed by atoms with Crippen LogP contribution >= 0.6 is 11.3 Å². The third-order valence-electron chi connectivity index (χ3n) is 5.02. The molecule has 0 saturated heterocycles. The Morgan fingerprint density at radius 2 is 2.17 bits per heavy atom. The monoisotopic (exact) mass is 418 g/mol. The van der Waals surface area contributed by atoms with E-state index in [1.807, 2.05) is 24.5 Å². The summed E-state index contributed by atoms with van der Waals surface area (Å²) in [5.74, 6) is 1.05. The number of rotatable bonds is 5. The maximum absolute atomic E-state index is 11.5. The smallest absolute Gasteiger partial charge is 0.221 e. The molecule has 5 rings (SSSR count). The molecule has 0 spiro atoms. The van der Waals surface area contributed by atoms with E-state index < -0.39 is 0 Å². The summed E-state index contributed by atoms with van der Waals surface area (Å²) in [6, 6.07) is 3.97. The van der Waals surface area contributed by atoms with Crippen molar-refractivity contribution in [1.82, 2.24) is 25.1 Å². The van der Waals surface area contributed by atoms with Gasteiger partial charge in [-0.25, -0.2) is 4.98 Å². The molecule has 0 saturated carbocycles.